The average molecular weight is 1010 g/mol. The summed E-state index contributed by atoms with van der Waals surface area (Å²) in [7, 11) is -8.01. The minimum atomic E-state index is -4.33. The maximum Gasteiger partial charge on any atom is 0.415 e. The van der Waals surface area contributed by atoms with E-state index in [0.717, 1.165) is 18.2 Å². The number of nitrogens with zero attached hydrogens (tertiary/aromatic N) is 3. The van der Waals surface area contributed by atoms with Crippen LogP contribution >= 0.6 is 11.6 Å². The van der Waals surface area contributed by atoms with Crippen molar-refractivity contribution in [2.24, 2.45) is 10.8 Å². The van der Waals surface area contributed by atoms with Gasteiger partial charge in [0.25, 0.3) is 15.9 Å². The minimum absolute atomic E-state index is 0.00615. The lowest BCUT2D eigenvalue weighted by Gasteiger charge is -2.32. The van der Waals surface area contributed by atoms with E-state index in [-0.39, 0.29) is 61.2 Å². The van der Waals surface area contributed by atoms with Crippen LogP contribution in [0.5, 0.6) is 0 Å². The Morgan fingerprint density at radius 3 is 2.26 bits per heavy atom. The Balaban J connectivity index is 1.09. The predicted molar refractivity (Wildman–Crippen MR) is 275 cm³/mol. The maximum atomic E-state index is 14.1. The topological polar surface area (TPSA) is 218 Å². The number of hydrogen-bond acceptors (Lipinski definition) is 11. The molecule has 7 rings (SSSR count). The normalized spacial score (nSPS) is 14.4. The van der Waals surface area contributed by atoms with Crippen molar-refractivity contribution >= 4 is 106 Å². The highest BCUT2D eigenvalue weighted by Gasteiger charge is 2.51. The van der Waals surface area contributed by atoms with Gasteiger partial charge in [0.15, 0.2) is 11.4 Å². The molecular weight excluding hydrogens is 952 g/mol. The molecule has 18 heteroatoms. The highest BCUT2D eigenvalue weighted by atomic mass is 35.5. The number of fused-ring (bicyclic) bond motifs is 2. The van der Waals surface area contributed by atoms with Crippen LogP contribution in [-0.2, 0) is 39.8 Å². The van der Waals surface area contributed by atoms with Crippen LogP contribution in [0.15, 0.2) is 100 Å². The fraction of sp³-hybridized carbons (Fsp3) is 0.327. The van der Waals surface area contributed by atoms with Crippen molar-refractivity contribution < 1.29 is 40.4 Å². The highest BCUT2D eigenvalue weighted by molar-refractivity contribution is 7.93. The molecular formula is C52H55ClN6O9S2. The molecule has 1 aliphatic carbocycles. The molecule has 0 saturated heterocycles. The third kappa shape index (κ3) is 11.5. The molecule has 366 valence electrons. The summed E-state index contributed by atoms with van der Waals surface area (Å²) in [6.45, 7) is 16.3. The monoisotopic (exact) mass is 1010 g/mol. The van der Waals surface area contributed by atoms with E-state index in [2.05, 4.69) is 60.4 Å². The van der Waals surface area contributed by atoms with E-state index in [1.165, 1.54) is 41.3 Å². The number of sulfonamides is 2. The van der Waals surface area contributed by atoms with E-state index in [9.17, 15) is 36.5 Å². The number of halogens is 1. The van der Waals surface area contributed by atoms with Crippen LogP contribution in [0.4, 0.5) is 27.5 Å². The number of amides is 2. The number of Topliss-reactive ketones (excluding diaryl/α,β-unsaturated/α-hetero) is 1. The summed E-state index contributed by atoms with van der Waals surface area (Å²) >= 11 is 6.50. The zero-order valence-corrected chi connectivity index (χ0v) is 42.7. The summed E-state index contributed by atoms with van der Waals surface area (Å²) < 4.78 is 68.3. The number of allylic oxidation sites excluding steroid dienone is 1. The largest absolute Gasteiger partial charge is 0.435 e. The van der Waals surface area contributed by atoms with Crippen molar-refractivity contribution in [2.75, 3.05) is 32.5 Å². The minimum Gasteiger partial charge on any atom is -0.435 e. The summed E-state index contributed by atoms with van der Waals surface area (Å²) in [6, 6.07) is 26.2. The first-order valence-electron chi connectivity index (χ1n) is 22.5. The van der Waals surface area contributed by atoms with Crippen molar-refractivity contribution in [1.82, 2.24) is 4.98 Å². The second-order valence-corrected chi connectivity index (χ2v) is 23.6. The SMILES string of the molecule is CCN(C(=O)OC(C(=O)Nc1cc(NS(=O)(=O)c2ccc(NS(C)(=O)=O)c3ccccc23)ccc1Cl)C(=O)C1(C)CC1)c1ccc(/C=C(\C#N)c2nc3cc(C(C)(C)CC(C)(C)C)ccc3o2)c(C)c1. The number of ether oxygens (including phenoxy) is 1. The first-order valence-corrected chi connectivity index (χ1v) is 26.3. The highest BCUT2D eigenvalue weighted by Crippen LogP contribution is 2.47. The van der Waals surface area contributed by atoms with E-state index in [0.29, 0.717) is 46.1 Å². The van der Waals surface area contributed by atoms with E-state index >= 15 is 0 Å². The van der Waals surface area contributed by atoms with Gasteiger partial charge in [-0.05, 0) is 121 Å². The Morgan fingerprint density at radius 2 is 1.63 bits per heavy atom. The average Bonchev–Trinajstić information content (AvgIpc) is 3.88. The first kappa shape index (κ1) is 51.1. The number of rotatable bonds is 16. The summed E-state index contributed by atoms with van der Waals surface area (Å²) in [4.78, 5) is 47.7. The molecule has 0 bridgehead atoms. The smallest absolute Gasteiger partial charge is 0.415 e. The van der Waals surface area contributed by atoms with Crippen LogP contribution in [0.25, 0.3) is 33.5 Å². The third-order valence-corrected chi connectivity index (χ3v) is 14.5. The second-order valence-electron chi connectivity index (χ2n) is 19.8. The Hall–Kier alpha value is -6.74. The number of nitrogens with one attached hydrogen (secondary N) is 3. The molecule has 0 radical (unpaired) electrons. The van der Waals surface area contributed by atoms with Gasteiger partial charge >= 0.3 is 6.09 Å². The summed E-state index contributed by atoms with van der Waals surface area (Å²) in [6.07, 6.45) is 1.65. The molecule has 1 atom stereocenters. The molecule has 6 aromatic rings. The summed E-state index contributed by atoms with van der Waals surface area (Å²) in [5.74, 6) is -1.46. The molecule has 0 spiro atoms. The third-order valence-electron chi connectivity index (χ3n) is 12.1. The lowest BCUT2D eigenvalue weighted by Crippen LogP contribution is -2.45. The quantitative estimate of drug-likeness (QED) is 0.0612. The van der Waals surface area contributed by atoms with Gasteiger partial charge < -0.3 is 14.5 Å². The van der Waals surface area contributed by atoms with Crippen LogP contribution in [0, 0.1) is 29.1 Å². The lowest BCUT2D eigenvalue weighted by atomic mass is 9.72. The van der Waals surface area contributed by atoms with E-state index in [1.54, 1.807) is 56.3 Å². The van der Waals surface area contributed by atoms with E-state index in [1.807, 2.05) is 25.1 Å². The number of carbonyl (C=O) groups excluding carboxylic acids is 3. The fourth-order valence-electron chi connectivity index (χ4n) is 8.62. The lowest BCUT2D eigenvalue weighted by molar-refractivity contribution is -0.140. The molecule has 1 saturated carbocycles. The van der Waals surface area contributed by atoms with Gasteiger partial charge in [0.2, 0.25) is 22.0 Å². The van der Waals surface area contributed by atoms with Gasteiger partial charge in [0, 0.05) is 28.4 Å². The first-order chi connectivity index (χ1) is 32.7. The zero-order chi connectivity index (χ0) is 51.1. The molecule has 1 aliphatic rings. The number of hydrogen-bond donors (Lipinski definition) is 3. The Kier molecular flexibility index (Phi) is 14.0. The number of aromatic nitrogens is 1. The van der Waals surface area contributed by atoms with Crippen LogP contribution in [0.3, 0.4) is 0 Å². The molecule has 1 aromatic heterocycles. The molecule has 1 unspecified atom stereocenters. The number of benzene rings is 5. The van der Waals surface area contributed by atoms with Crippen molar-refractivity contribution in [1.29, 1.82) is 5.26 Å². The van der Waals surface area contributed by atoms with Crippen molar-refractivity contribution in [3.8, 4) is 6.07 Å². The Labute approximate surface area is 413 Å². The number of ketones is 1. The fourth-order valence-corrected chi connectivity index (χ4v) is 10.6. The predicted octanol–water partition coefficient (Wildman–Crippen LogP) is 11.2. The van der Waals surface area contributed by atoms with Gasteiger partial charge in [-0.1, -0.05) is 89.5 Å². The van der Waals surface area contributed by atoms with E-state index < -0.39 is 49.3 Å². The standard InChI is InChI=1S/C52H55ClN6O9S2/c1-10-59(36-18-15-32(31(2)25-36)26-33(29-54)48-56-42-27-34(16-21-43(42)67-48)51(6,7)30-50(3,4)5)49(62)68-45(46(60)52(8)23-24-52)47(61)55-41-28-35(17-19-39(41)53)57-70(65,66)44-22-20-40(58-69(9,63)64)37-13-11-12-14-38(37)44/h11-22,25-28,45,57-58H,10,23-24,30H2,1-9H3,(H,55,61)/b33-26+. The molecule has 0 aliphatic heterocycles. The van der Waals surface area contributed by atoms with Gasteiger partial charge in [0.05, 0.1) is 33.2 Å². The van der Waals surface area contributed by atoms with Gasteiger partial charge in [-0.2, -0.15) is 5.26 Å². The Morgan fingerprint density at radius 1 is 0.929 bits per heavy atom. The van der Waals surface area contributed by atoms with Gasteiger partial charge in [-0.3, -0.25) is 23.9 Å². The van der Waals surface area contributed by atoms with Crippen LogP contribution in [-0.4, -0.2) is 58.5 Å². The van der Waals surface area contributed by atoms with Crippen molar-refractivity contribution in [3.63, 3.8) is 0 Å². The van der Waals surface area contributed by atoms with Crippen LogP contribution < -0.4 is 19.7 Å². The maximum absolute atomic E-state index is 14.1. The summed E-state index contributed by atoms with van der Waals surface area (Å²) in [5, 5.41) is 13.4. The number of aryl methyl sites for hydroxylation is 1. The van der Waals surface area contributed by atoms with Gasteiger partial charge in [-0.25, -0.2) is 26.6 Å². The molecule has 3 N–H and O–H groups in total. The molecule has 5 aromatic carbocycles. The molecule has 1 fully saturated rings. The Bertz CT molecular complexity index is 3380. The van der Waals surface area contributed by atoms with Gasteiger partial charge in [0.1, 0.15) is 17.2 Å². The van der Waals surface area contributed by atoms with Crippen LogP contribution in [0.2, 0.25) is 5.02 Å². The number of nitriles is 1. The van der Waals surface area contributed by atoms with Crippen molar-refractivity contribution in [2.45, 2.75) is 91.1 Å². The van der Waals surface area contributed by atoms with Crippen molar-refractivity contribution in [3.05, 3.63) is 119 Å². The van der Waals surface area contributed by atoms with Gasteiger partial charge in [-0.15, -0.1) is 0 Å². The molecule has 15 nitrogen and oxygen atoms in total. The zero-order valence-electron chi connectivity index (χ0n) is 40.4. The van der Waals surface area contributed by atoms with Crippen LogP contribution in [0.1, 0.15) is 90.3 Å². The molecule has 1 heterocycles. The molecule has 70 heavy (non-hydrogen) atoms. The summed E-state index contributed by atoms with van der Waals surface area (Å²) in [5.41, 5.74) is 3.42. The molecule has 2 amide bonds. The number of oxazole rings is 1. The number of carbonyl (C=O) groups is 3. The van der Waals surface area contributed by atoms with E-state index in [4.69, 9.17) is 20.8 Å². The number of anilines is 4. The second kappa shape index (κ2) is 19.2.